The van der Waals surface area contributed by atoms with Gasteiger partial charge in [0.2, 0.25) is 0 Å². The Bertz CT molecular complexity index is 752. The summed E-state index contributed by atoms with van der Waals surface area (Å²) >= 11 is 5.04. The summed E-state index contributed by atoms with van der Waals surface area (Å²) in [5.74, 6) is -0.0580. The standard InChI is InChI=1S/C16H13BrN2OS/c17-12-5-3-4-11(10-12)16(20)18-9-8-15-19-13-6-1-2-7-14(13)21-15/h1-7,10H,8-9H2,(H,18,20). The first-order chi connectivity index (χ1) is 10.2. The Morgan fingerprint density at radius 2 is 2.05 bits per heavy atom. The molecule has 0 radical (unpaired) electrons. The normalized spacial score (nSPS) is 10.7. The molecule has 1 N–H and O–H groups in total. The van der Waals surface area contributed by atoms with Crippen molar-refractivity contribution in [2.24, 2.45) is 0 Å². The van der Waals surface area contributed by atoms with Crippen LogP contribution in [0.2, 0.25) is 0 Å². The SMILES string of the molecule is O=C(NCCc1nc2ccccc2s1)c1cccc(Br)c1. The summed E-state index contributed by atoms with van der Waals surface area (Å²) in [5, 5.41) is 3.97. The van der Waals surface area contributed by atoms with Gasteiger partial charge in [-0.05, 0) is 30.3 Å². The van der Waals surface area contributed by atoms with Crippen LogP contribution in [-0.4, -0.2) is 17.4 Å². The number of aromatic nitrogens is 1. The summed E-state index contributed by atoms with van der Waals surface area (Å²) in [7, 11) is 0. The van der Waals surface area contributed by atoms with Crippen LogP contribution in [0.1, 0.15) is 15.4 Å². The number of rotatable bonds is 4. The average molecular weight is 361 g/mol. The van der Waals surface area contributed by atoms with Gasteiger partial charge in [0, 0.05) is 23.0 Å². The number of carbonyl (C=O) groups excluding carboxylic acids is 1. The molecule has 1 aromatic heterocycles. The third-order valence-electron chi connectivity index (χ3n) is 3.05. The van der Waals surface area contributed by atoms with Gasteiger partial charge >= 0.3 is 0 Å². The van der Waals surface area contributed by atoms with Crippen molar-refractivity contribution in [1.82, 2.24) is 10.3 Å². The number of fused-ring (bicyclic) bond motifs is 1. The molecule has 0 atom stereocenters. The smallest absolute Gasteiger partial charge is 0.251 e. The van der Waals surface area contributed by atoms with E-state index in [9.17, 15) is 4.79 Å². The molecule has 106 valence electrons. The maximum absolute atomic E-state index is 12.0. The Hall–Kier alpha value is -1.72. The highest BCUT2D eigenvalue weighted by Crippen LogP contribution is 2.21. The van der Waals surface area contributed by atoms with Gasteiger partial charge < -0.3 is 5.32 Å². The summed E-state index contributed by atoms with van der Waals surface area (Å²) < 4.78 is 2.09. The van der Waals surface area contributed by atoms with Crippen molar-refractivity contribution in [3.05, 3.63) is 63.6 Å². The van der Waals surface area contributed by atoms with Crippen LogP contribution in [0, 0.1) is 0 Å². The highest BCUT2D eigenvalue weighted by atomic mass is 79.9. The van der Waals surface area contributed by atoms with Gasteiger partial charge in [-0.3, -0.25) is 4.79 Å². The number of nitrogens with one attached hydrogen (secondary N) is 1. The summed E-state index contributed by atoms with van der Waals surface area (Å²) in [6, 6.07) is 15.4. The van der Waals surface area contributed by atoms with Crippen molar-refractivity contribution < 1.29 is 4.79 Å². The molecule has 0 aliphatic rings. The number of benzene rings is 2. The second-order valence-corrected chi connectivity index (χ2v) is 6.62. The van der Waals surface area contributed by atoms with Gasteiger partial charge in [0.05, 0.1) is 15.2 Å². The summed E-state index contributed by atoms with van der Waals surface area (Å²) in [4.78, 5) is 16.6. The maximum atomic E-state index is 12.0. The molecule has 3 aromatic rings. The minimum atomic E-state index is -0.0580. The quantitative estimate of drug-likeness (QED) is 0.762. The average Bonchev–Trinajstić information content (AvgIpc) is 2.89. The molecule has 0 fully saturated rings. The molecule has 21 heavy (non-hydrogen) atoms. The van der Waals surface area contributed by atoms with Gasteiger partial charge in [-0.2, -0.15) is 0 Å². The third-order valence-corrected chi connectivity index (χ3v) is 4.64. The Morgan fingerprint density at radius 3 is 2.86 bits per heavy atom. The molecule has 3 nitrogen and oxygen atoms in total. The van der Waals surface area contributed by atoms with Crippen molar-refractivity contribution in [3.8, 4) is 0 Å². The Morgan fingerprint density at radius 1 is 1.19 bits per heavy atom. The van der Waals surface area contributed by atoms with Crippen molar-refractivity contribution in [3.63, 3.8) is 0 Å². The molecule has 0 aliphatic carbocycles. The molecular weight excluding hydrogens is 348 g/mol. The van der Waals surface area contributed by atoms with Crippen LogP contribution in [0.15, 0.2) is 53.0 Å². The molecule has 5 heteroatoms. The van der Waals surface area contributed by atoms with E-state index in [0.29, 0.717) is 12.1 Å². The van der Waals surface area contributed by atoms with E-state index in [4.69, 9.17) is 0 Å². The van der Waals surface area contributed by atoms with Crippen LogP contribution in [0.4, 0.5) is 0 Å². The van der Waals surface area contributed by atoms with E-state index in [2.05, 4.69) is 32.3 Å². The lowest BCUT2D eigenvalue weighted by atomic mass is 10.2. The van der Waals surface area contributed by atoms with Crippen LogP contribution >= 0.6 is 27.3 Å². The Kier molecular flexibility index (Phi) is 4.31. The third kappa shape index (κ3) is 3.49. The number of carbonyl (C=O) groups is 1. The van der Waals surface area contributed by atoms with Crippen LogP contribution < -0.4 is 5.32 Å². The molecule has 3 rings (SSSR count). The van der Waals surface area contributed by atoms with Gasteiger partial charge in [-0.25, -0.2) is 4.98 Å². The number of thiazole rings is 1. The van der Waals surface area contributed by atoms with E-state index < -0.39 is 0 Å². The van der Waals surface area contributed by atoms with Gasteiger partial charge in [-0.1, -0.05) is 34.1 Å². The van der Waals surface area contributed by atoms with Crippen molar-refractivity contribution in [2.45, 2.75) is 6.42 Å². The molecule has 0 saturated heterocycles. The summed E-state index contributed by atoms with van der Waals surface area (Å²) in [6.45, 7) is 0.588. The molecule has 0 spiro atoms. The number of para-hydroxylation sites is 1. The Balaban J connectivity index is 1.59. The van der Waals surface area contributed by atoms with Gasteiger partial charge in [0.25, 0.3) is 5.91 Å². The number of amides is 1. The predicted octanol–water partition coefficient (Wildman–Crippen LogP) is 4.03. The fourth-order valence-corrected chi connectivity index (χ4v) is 3.41. The number of hydrogen-bond acceptors (Lipinski definition) is 3. The van der Waals surface area contributed by atoms with E-state index in [1.165, 1.54) is 4.70 Å². The minimum absolute atomic E-state index is 0.0580. The fourth-order valence-electron chi connectivity index (χ4n) is 2.04. The topological polar surface area (TPSA) is 42.0 Å². The molecular formula is C16H13BrN2OS. The zero-order valence-corrected chi connectivity index (χ0v) is 13.6. The van der Waals surface area contributed by atoms with Crippen LogP contribution in [0.3, 0.4) is 0 Å². The highest BCUT2D eigenvalue weighted by Gasteiger charge is 2.07. The van der Waals surface area contributed by atoms with E-state index in [-0.39, 0.29) is 5.91 Å². The lowest BCUT2D eigenvalue weighted by Crippen LogP contribution is -2.25. The second kappa shape index (κ2) is 6.37. The largest absolute Gasteiger partial charge is 0.352 e. The van der Waals surface area contributed by atoms with Crippen molar-refractivity contribution in [2.75, 3.05) is 6.54 Å². The first-order valence-corrected chi connectivity index (χ1v) is 8.21. The van der Waals surface area contributed by atoms with Crippen molar-refractivity contribution >= 4 is 43.4 Å². The molecule has 0 aliphatic heterocycles. The van der Waals surface area contributed by atoms with Gasteiger partial charge in [0.1, 0.15) is 0 Å². The van der Waals surface area contributed by atoms with Crippen molar-refractivity contribution in [1.29, 1.82) is 0 Å². The van der Waals surface area contributed by atoms with E-state index in [1.54, 1.807) is 17.4 Å². The first-order valence-electron chi connectivity index (χ1n) is 6.60. The second-order valence-electron chi connectivity index (χ2n) is 4.59. The van der Waals surface area contributed by atoms with Gasteiger partial charge in [0.15, 0.2) is 0 Å². The zero-order valence-electron chi connectivity index (χ0n) is 11.2. The lowest BCUT2D eigenvalue weighted by molar-refractivity contribution is 0.0954. The van der Waals surface area contributed by atoms with E-state index >= 15 is 0 Å². The number of halogens is 1. The number of hydrogen-bond donors (Lipinski definition) is 1. The molecule has 0 unspecified atom stereocenters. The molecule has 0 bridgehead atoms. The summed E-state index contributed by atoms with van der Waals surface area (Å²) in [5.41, 5.74) is 1.68. The predicted molar refractivity (Wildman–Crippen MR) is 89.8 cm³/mol. The van der Waals surface area contributed by atoms with Crippen LogP contribution in [0.5, 0.6) is 0 Å². The molecule has 1 amide bonds. The zero-order chi connectivity index (χ0) is 14.7. The number of nitrogens with zero attached hydrogens (tertiary/aromatic N) is 1. The van der Waals surface area contributed by atoms with E-state index in [0.717, 1.165) is 21.4 Å². The molecule has 2 aromatic carbocycles. The van der Waals surface area contributed by atoms with Gasteiger partial charge in [-0.15, -0.1) is 11.3 Å². The Labute approximate surface area is 135 Å². The van der Waals surface area contributed by atoms with Crippen LogP contribution in [-0.2, 0) is 6.42 Å². The first kappa shape index (κ1) is 14.2. The lowest BCUT2D eigenvalue weighted by Gasteiger charge is -2.04. The van der Waals surface area contributed by atoms with Crippen LogP contribution in [0.25, 0.3) is 10.2 Å². The monoisotopic (exact) mass is 360 g/mol. The molecule has 1 heterocycles. The fraction of sp³-hybridized carbons (Fsp3) is 0.125. The molecule has 0 saturated carbocycles. The minimum Gasteiger partial charge on any atom is -0.352 e. The highest BCUT2D eigenvalue weighted by molar-refractivity contribution is 9.10. The van der Waals surface area contributed by atoms with E-state index in [1.807, 2.05) is 36.4 Å². The summed E-state index contributed by atoms with van der Waals surface area (Å²) in [6.07, 6.45) is 0.749. The maximum Gasteiger partial charge on any atom is 0.251 e.